The highest BCUT2D eigenvalue weighted by molar-refractivity contribution is 7.99. The van der Waals surface area contributed by atoms with Crippen molar-refractivity contribution in [1.82, 2.24) is 14.9 Å². The van der Waals surface area contributed by atoms with Gasteiger partial charge in [0.05, 0.1) is 30.9 Å². The number of hydrogen-bond donors (Lipinski definition) is 1. The van der Waals surface area contributed by atoms with Gasteiger partial charge in [-0.1, -0.05) is 30.0 Å². The predicted molar refractivity (Wildman–Crippen MR) is 114 cm³/mol. The van der Waals surface area contributed by atoms with Crippen LogP contribution in [0.4, 0.5) is 0 Å². The first-order valence-electron chi connectivity index (χ1n) is 9.17. The molecule has 1 amide bonds. The molecule has 0 spiro atoms. The van der Waals surface area contributed by atoms with Crippen LogP contribution in [0.5, 0.6) is 11.5 Å². The number of carbonyl (C=O) groups is 1. The third-order valence-corrected chi connectivity index (χ3v) is 5.39. The Labute approximate surface area is 173 Å². The van der Waals surface area contributed by atoms with Gasteiger partial charge in [-0.2, -0.15) is 0 Å². The molecule has 152 valence electrons. The maximum Gasteiger partial charge on any atom is 0.262 e. The number of thioether (sulfide) groups is 1. The van der Waals surface area contributed by atoms with Crippen molar-refractivity contribution in [3.8, 4) is 11.5 Å². The molecule has 3 rings (SSSR count). The molecule has 8 heteroatoms. The van der Waals surface area contributed by atoms with Crippen LogP contribution in [0.3, 0.4) is 0 Å². The van der Waals surface area contributed by atoms with Crippen molar-refractivity contribution in [3.05, 3.63) is 58.4 Å². The van der Waals surface area contributed by atoms with E-state index in [2.05, 4.69) is 10.3 Å². The summed E-state index contributed by atoms with van der Waals surface area (Å²) in [5.74, 6) is 1.27. The predicted octanol–water partition coefficient (Wildman–Crippen LogP) is 2.84. The Morgan fingerprint density at radius 3 is 2.62 bits per heavy atom. The molecule has 2 aromatic carbocycles. The third kappa shape index (κ3) is 4.71. The average Bonchev–Trinajstić information content (AvgIpc) is 2.76. The van der Waals surface area contributed by atoms with Gasteiger partial charge in [0.2, 0.25) is 5.91 Å². The zero-order valence-corrected chi connectivity index (χ0v) is 17.4. The van der Waals surface area contributed by atoms with E-state index < -0.39 is 0 Å². The summed E-state index contributed by atoms with van der Waals surface area (Å²) in [6.07, 6.45) is 0. The van der Waals surface area contributed by atoms with Gasteiger partial charge in [0.25, 0.3) is 5.56 Å². The summed E-state index contributed by atoms with van der Waals surface area (Å²) in [6, 6.07) is 12.7. The third-order valence-electron chi connectivity index (χ3n) is 4.41. The summed E-state index contributed by atoms with van der Waals surface area (Å²) in [7, 11) is 3.15. The quantitative estimate of drug-likeness (QED) is 0.452. The Balaban J connectivity index is 1.66. The maximum absolute atomic E-state index is 12.6. The summed E-state index contributed by atoms with van der Waals surface area (Å²) < 4.78 is 12.1. The maximum atomic E-state index is 12.6. The van der Waals surface area contributed by atoms with E-state index in [-0.39, 0.29) is 17.2 Å². The van der Waals surface area contributed by atoms with Gasteiger partial charge in [-0.05, 0) is 36.8 Å². The van der Waals surface area contributed by atoms with Gasteiger partial charge in [0.15, 0.2) is 16.7 Å². The van der Waals surface area contributed by atoms with E-state index in [9.17, 15) is 9.59 Å². The van der Waals surface area contributed by atoms with Crippen molar-refractivity contribution in [2.45, 2.75) is 25.2 Å². The Bertz CT molecular complexity index is 1080. The molecular weight excluding hydrogens is 390 g/mol. The number of nitrogens with zero attached hydrogens (tertiary/aromatic N) is 2. The molecule has 7 nitrogen and oxygen atoms in total. The lowest BCUT2D eigenvalue weighted by molar-refractivity contribution is -0.118. The fourth-order valence-electron chi connectivity index (χ4n) is 2.91. The number of nitrogens with one attached hydrogen (secondary N) is 1. The van der Waals surface area contributed by atoms with E-state index >= 15 is 0 Å². The number of methoxy groups -OCH3 is 2. The summed E-state index contributed by atoms with van der Waals surface area (Å²) in [4.78, 5) is 29.5. The van der Waals surface area contributed by atoms with Crippen LogP contribution in [0.2, 0.25) is 0 Å². The number of rotatable bonds is 8. The monoisotopic (exact) mass is 413 g/mol. The normalized spacial score (nSPS) is 10.7. The summed E-state index contributed by atoms with van der Waals surface area (Å²) in [5.41, 5.74) is 1.44. The highest BCUT2D eigenvalue weighted by Gasteiger charge is 2.12. The second-order valence-corrected chi connectivity index (χ2v) is 7.16. The largest absolute Gasteiger partial charge is 0.493 e. The molecule has 0 aliphatic carbocycles. The standard InChI is InChI=1S/C21H23N3O4S/c1-4-24-20(26)15-7-5-6-8-16(15)23-21(24)29-13-19(25)22-12-14-9-10-17(27-2)18(11-14)28-3/h5-11H,4,12-13H2,1-3H3,(H,22,25). The Morgan fingerprint density at radius 1 is 1.14 bits per heavy atom. The minimum absolute atomic E-state index is 0.0914. The van der Waals surface area contributed by atoms with Crippen LogP contribution in [-0.2, 0) is 17.9 Å². The van der Waals surface area contributed by atoms with Crippen molar-refractivity contribution >= 4 is 28.6 Å². The molecule has 1 N–H and O–H groups in total. The van der Waals surface area contributed by atoms with Crippen LogP contribution in [0.15, 0.2) is 52.4 Å². The van der Waals surface area contributed by atoms with E-state index in [1.54, 1.807) is 37.0 Å². The van der Waals surface area contributed by atoms with E-state index in [1.807, 2.05) is 31.2 Å². The molecule has 0 bridgehead atoms. The van der Waals surface area contributed by atoms with Crippen molar-refractivity contribution in [3.63, 3.8) is 0 Å². The summed E-state index contributed by atoms with van der Waals surface area (Å²) in [6.45, 7) is 2.75. The average molecular weight is 413 g/mol. The Morgan fingerprint density at radius 2 is 1.90 bits per heavy atom. The number of aromatic nitrogens is 2. The summed E-state index contributed by atoms with van der Waals surface area (Å²) >= 11 is 1.25. The molecule has 0 atom stereocenters. The van der Waals surface area contributed by atoms with Crippen molar-refractivity contribution in [2.24, 2.45) is 0 Å². The molecule has 0 saturated heterocycles. The van der Waals surface area contributed by atoms with Crippen LogP contribution < -0.4 is 20.3 Å². The van der Waals surface area contributed by atoms with Crippen molar-refractivity contribution in [2.75, 3.05) is 20.0 Å². The molecule has 1 aromatic heterocycles. The first-order valence-corrected chi connectivity index (χ1v) is 10.2. The smallest absolute Gasteiger partial charge is 0.262 e. The lowest BCUT2D eigenvalue weighted by atomic mass is 10.2. The van der Waals surface area contributed by atoms with Gasteiger partial charge in [-0.3, -0.25) is 14.2 Å². The molecule has 0 aliphatic rings. The Hall–Kier alpha value is -3.00. The molecule has 3 aromatic rings. The van der Waals surface area contributed by atoms with Gasteiger partial charge in [-0.15, -0.1) is 0 Å². The van der Waals surface area contributed by atoms with Gasteiger partial charge in [0.1, 0.15) is 0 Å². The lowest BCUT2D eigenvalue weighted by Gasteiger charge is -2.12. The minimum Gasteiger partial charge on any atom is -0.493 e. The molecule has 1 heterocycles. The van der Waals surface area contributed by atoms with E-state index in [4.69, 9.17) is 9.47 Å². The van der Waals surface area contributed by atoms with E-state index in [0.717, 1.165) is 5.56 Å². The number of benzene rings is 2. The van der Waals surface area contributed by atoms with Gasteiger partial charge < -0.3 is 14.8 Å². The molecule has 0 radical (unpaired) electrons. The van der Waals surface area contributed by atoms with Crippen molar-refractivity contribution in [1.29, 1.82) is 0 Å². The SMILES string of the molecule is CCn1c(SCC(=O)NCc2ccc(OC)c(OC)c2)nc2ccccc2c1=O. The first-order chi connectivity index (χ1) is 14.1. The fourth-order valence-corrected chi connectivity index (χ4v) is 3.80. The molecule has 0 unspecified atom stereocenters. The van der Waals surface area contributed by atoms with Gasteiger partial charge in [-0.25, -0.2) is 4.98 Å². The van der Waals surface area contributed by atoms with E-state index in [1.165, 1.54) is 11.8 Å². The number of ether oxygens (including phenoxy) is 2. The van der Waals surface area contributed by atoms with Crippen LogP contribution in [0.25, 0.3) is 10.9 Å². The highest BCUT2D eigenvalue weighted by Crippen LogP contribution is 2.27. The zero-order valence-electron chi connectivity index (χ0n) is 16.6. The zero-order chi connectivity index (χ0) is 20.8. The minimum atomic E-state index is -0.144. The fraction of sp³-hybridized carbons (Fsp3) is 0.286. The topological polar surface area (TPSA) is 82.5 Å². The van der Waals surface area contributed by atoms with Crippen LogP contribution in [-0.4, -0.2) is 35.4 Å². The van der Waals surface area contributed by atoms with E-state index in [0.29, 0.717) is 40.6 Å². The van der Waals surface area contributed by atoms with Crippen LogP contribution in [0, 0.1) is 0 Å². The van der Waals surface area contributed by atoms with Crippen LogP contribution in [0.1, 0.15) is 12.5 Å². The van der Waals surface area contributed by atoms with Gasteiger partial charge in [0, 0.05) is 13.1 Å². The second kappa shape index (κ2) is 9.47. The molecule has 29 heavy (non-hydrogen) atoms. The summed E-state index contributed by atoms with van der Waals surface area (Å²) in [5, 5.41) is 4.00. The Kier molecular flexibility index (Phi) is 6.77. The first kappa shape index (κ1) is 20.7. The second-order valence-electron chi connectivity index (χ2n) is 6.22. The molecule has 0 fully saturated rings. The molecule has 0 aliphatic heterocycles. The molecule has 0 saturated carbocycles. The van der Waals surface area contributed by atoms with Gasteiger partial charge >= 0.3 is 0 Å². The van der Waals surface area contributed by atoms with Crippen LogP contribution >= 0.6 is 11.8 Å². The number of para-hydroxylation sites is 1. The highest BCUT2D eigenvalue weighted by atomic mass is 32.2. The number of amides is 1. The molecular formula is C21H23N3O4S. The number of carbonyl (C=O) groups excluding carboxylic acids is 1. The number of hydrogen-bond acceptors (Lipinski definition) is 6. The number of fused-ring (bicyclic) bond motifs is 1. The van der Waals surface area contributed by atoms with Crippen molar-refractivity contribution < 1.29 is 14.3 Å². The lowest BCUT2D eigenvalue weighted by Crippen LogP contribution is -2.26.